The molecule has 0 aromatic heterocycles. The minimum absolute atomic E-state index is 0.0208. The first-order chi connectivity index (χ1) is 8.67. The largest absolute Gasteiger partial charge is 0.387 e. The Labute approximate surface area is 119 Å². The third-order valence-corrected chi connectivity index (χ3v) is 5.95. The molecule has 0 aliphatic carbocycles. The molecule has 0 radical (unpaired) electrons. The van der Waals surface area contributed by atoms with E-state index in [-0.39, 0.29) is 28.9 Å². The van der Waals surface area contributed by atoms with Crippen LogP contribution in [-0.4, -0.2) is 36.5 Å². The number of halogens is 1. The van der Waals surface area contributed by atoms with Gasteiger partial charge in [-0.25, -0.2) is 8.42 Å². The lowest BCUT2D eigenvalue weighted by Gasteiger charge is -2.47. The molecular formula is C13H18ClNO3S. The number of rotatable bonds is 3. The zero-order valence-corrected chi connectivity index (χ0v) is 12.8. The van der Waals surface area contributed by atoms with Crippen LogP contribution in [-0.2, 0) is 10.0 Å². The Morgan fingerprint density at radius 3 is 2.42 bits per heavy atom. The molecule has 1 aliphatic rings. The normalized spacial score (nSPS) is 19.5. The Morgan fingerprint density at radius 2 is 1.95 bits per heavy atom. The number of hydrogen-bond donors (Lipinski definition) is 1. The molecule has 0 saturated carbocycles. The van der Waals surface area contributed by atoms with Gasteiger partial charge in [-0.05, 0) is 30.5 Å². The topological polar surface area (TPSA) is 57.6 Å². The Kier molecular flexibility index (Phi) is 3.68. The van der Waals surface area contributed by atoms with E-state index in [2.05, 4.69) is 0 Å². The molecule has 19 heavy (non-hydrogen) atoms. The molecule has 1 aromatic carbocycles. The highest BCUT2D eigenvalue weighted by Gasteiger charge is 2.49. The lowest BCUT2D eigenvalue weighted by molar-refractivity contribution is -0.0932. The van der Waals surface area contributed by atoms with Crippen molar-refractivity contribution in [3.05, 3.63) is 28.8 Å². The average molecular weight is 304 g/mol. The second-order valence-corrected chi connectivity index (χ2v) is 7.78. The van der Waals surface area contributed by atoms with E-state index in [0.717, 1.165) is 5.56 Å². The highest BCUT2D eigenvalue weighted by Crippen LogP contribution is 2.35. The van der Waals surface area contributed by atoms with Gasteiger partial charge in [0, 0.05) is 13.1 Å². The van der Waals surface area contributed by atoms with E-state index < -0.39 is 15.6 Å². The van der Waals surface area contributed by atoms with Gasteiger partial charge in [0.1, 0.15) is 4.90 Å². The van der Waals surface area contributed by atoms with E-state index in [9.17, 15) is 13.5 Å². The van der Waals surface area contributed by atoms with Gasteiger partial charge in [0.15, 0.2) is 0 Å². The van der Waals surface area contributed by atoms with Crippen molar-refractivity contribution in [2.24, 2.45) is 5.92 Å². The predicted octanol–water partition coefficient (Wildman–Crippen LogP) is 2.04. The molecule has 106 valence electrons. The van der Waals surface area contributed by atoms with E-state index in [4.69, 9.17) is 11.6 Å². The molecule has 1 aliphatic heterocycles. The van der Waals surface area contributed by atoms with Gasteiger partial charge in [-0.1, -0.05) is 31.5 Å². The Morgan fingerprint density at radius 1 is 1.37 bits per heavy atom. The zero-order valence-electron chi connectivity index (χ0n) is 11.2. The molecule has 0 amide bonds. The highest BCUT2D eigenvalue weighted by molar-refractivity contribution is 7.89. The lowest BCUT2D eigenvalue weighted by Crippen LogP contribution is -2.65. The van der Waals surface area contributed by atoms with Crippen LogP contribution in [0.5, 0.6) is 0 Å². The molecule has 4 nitrogen and oxygen atoms in total. The van der Waals surface area contributed by atoms with Crippen LogP contribution in [0, 0.1) is 12.8 Å². The number of hydrogen-bond acceptors (Lipinski definition) is 3. The monoisotopic (exact) mass is 303 g/mol. The number of β-amino-alcohol motifs (C(OH)–C–C–N with tert-alkyl or cyclic N) is 1. The van der Waals surface area contributed by atoms with Crippen LogP contribution in [0.25, 0.3) is 0 Å². The fourth-order valence-electron chi connectivity index (χ4n) is 2.05. The molecular weight excluding hydrogens is 286 g/mol. The summed E-state index contributed by atoms with van der Waals surface area (Å²) in [6, 6.07) is 4.86. The summed E-state index contributed by atoms with van der Waals surface area (Å²) in [6.45, 7) is 5.85. The van der Waals surface area contributed by atoms with Crippen LogP contribution in [0.4, 0.5) is 0 Å². The van der Waals surface area contributed by atoms with Gasteiger partial charge in [0.25, 0.3) is 0 Å². The molecule has 6 heteroatoms. The number of sulfonamides is 1. The van der Waals surface area contributed by atoms with Crippen molar-refractivity contribution < 1.29 is 13.5 Å². The molecule has 1 saturated heterocycles. The molecule has 1 aromatic rings. The Bertz CT molecular complexity index is 592. The SMILES string of the molecule is Cc1ccc(S(=O)(=O)N2CC(O)(C(C)C)C2)c(Cl)c1. The maximum absolute atomic E-state index is 12.4. The fourth-order valence-corrected chi connectivity index (χ4v) is 4.19. The van der Waals surface area contributed by atoms with E-state index >= 15 is 0 Å². The van der Waals surface area contributed by atoms with Gasteiger partial charge < -0.3 is 5.11 Å². The van der Waals surface area contributed by atoms with Crippen LogP contribution < -0.4 is 0 Å². The van der Waals surface area contributed by atoms with Gasteiger partial charge in [-0.2, -0.15) is 4.31 Å². The Hall–Kier alpha value is -0.620. The number of aryl methyl sites for hydroxylation is 1. The van der Waals surface area contributed by atoms with E-state index in [1.807, 2.05) is 20.8 Å². The molecule has 1 fully saturated rings. The molecule has 0 unspecified atom stereocenters. The van der Waals surface area contributed by atoms with Crippen LogP contribution >= 0.6 is 11.6 Å². The summed E-state index contributed by atoms with van der Waals surface area (Å²) in [5, 5.41) is 10.4. The molecule has 0 atom stereocenters. The summed E-state index contributed by atoms with van der Waals surface area (Å²) in [6.07, 6.45) is 0. The first-order valence-corrected chi connectivity index (χ1v) is 7.97. The molecule has 2 rings (SSSR count). The molecule has 1 N–H and O–H groups in total. The fraction of sp³-hybridized carbons (Fsp3) is 0.538. The Balaban J connectivity index is 2.26. The van der Waals surface area contributed by atoms with Gasteiger partial charge in [-0.3, -0.25) is 0 Å². The minimum Gasteiger partial charge on any atom is -0.387 e. The van der Waals surface area contributed by atoms with Gasteiger partial charge in [0.2, 0.25) is 10.0 Å². The zero-order chi connectivity index (χ0) is 14.4. The second-order valence-electron chi connectivity index (χ2n) is 5.47. The summed E-state index contributed by atoms with van der Waals surface area (Å²) >= 11 is 6.00. The summed E-state index contributed by atoms with van der Waals surface area (Å²) in [4.78, 5) is 0.102. The van der Waals surface area contributed by atoms with Crippen LogP contribution in [0.15, 0.2) is 23.1 Å². The third-order valence-electron chi connectivity index (χ3n) is 3.68. The van der Waals surface area contributed by atoms with Gasteiger partial charge in [-0.15, -0.1) is 0 Å². The maximum Gasteiger partial charge on any atom is 0.244 e. The first kappa shape index (κ1) is 14.8. The van der Waals surface area contributed by atoms with Crippen molar-refractivity contribution in [3.63, 3.8) is 0 Å². The maximum atomic E-state index is 12.4. The van der Waals surface area contributed by atoms with E-state index in [1.54, 1.807) is 12.1 Å². The lowest BCUT2D eigenvalue weighted by atomic mass is 9.85. The quantitative estimate of drug-likeness (QED) is 0.929. The van der Waals surface area contributed by atoms with Crippen molar-refractivity contribution >= 4 is 21.6 Å². The van der Waals surface area contributed by atoms with Gasteiger partial charge >= 0.3 is 0 Å². The number of nitrogens with zero attached hydrogens (tertiary/aromatic N) is 1. The van der Waals surface area contributed by atoms with Crippen molar-refractivity contribution in [2.75, 3.05) is 13.1 Å². The van der Waals surface area contributed by atoms with Crippen LogP contribution in [0.2, 0.25) is 5.02 Å². The third kappa shape index (κ3) is 2.52. The van der Waals surface area contributed by atoms with Crippen molar-refractivity contribution in [2.45, 2.75) is 31.3 Å². The van der Waals surface area contributed by atoms with Gasteiger partial charge in [0.05, 0.1) is 10.6 Å². The van der Waals surface area contributed by atoms with Crippen LogP contribution in [0.1, 0.15) is 19.4 Å². The van der Waals surface area contributed by atoms with E-state index in [1.165, 1.54) is 10.4 Å². The number of aliphatic hydroxyl groups is 1. The summed E-state index contributed by atoms with van der Waals surface area (Å²) in [5.74, 6) is 0.0208. The summed E-state index contributed by atoms with van der Waals surface area (Å²) in [7, 11) is -3.61. The predicted molar refractivity (Wildman–Crippen MR) is 74.7 cm³/mol. The molecule has 0 spiro atoms. The first-order valence-electron chi connectivity index (χ1n) is 6.15. The smallest absolute Gasteiger partial charge is 0.244 e. The highest BCUT2D eigenvalue weighted by atomic mass is 35.5. The average Bonchev–Trinajstić information content (AvgIpc) is 2.23. The molecule has 1 heterocycles. The number of benzene rings is 1. The van der Waals surface area contributed by atoms with Crippen molar-refractivity contribution in [1.82, 2.24) is 4.31 Å². The van der Waals surface area contributed by atoms with Crippen molar-refractivity contribution in [3.8, 4) is 0 Å². The summed E-state index contributed by atoms with van der Waals surface area (Å²) < 4.78 is 26.0. The van der Waals surface area contributed by atoms with E-state index in [0.29, 0.717) is 0 Å². The minimum atomic E-state index is -3.61. The standard InChI is InChI=1S/C13H18ClNO3S/c1-9(2)13(16)7-15(8-13)19(17,18)12-5-4-10(3)6-11(12)14/h4-6,9,16H,7-8H2,1-3H3. The van der Waals surface area contributed by atoms with Crippen molar-refractivity contribution in [1.29, 1.82) is 0 Å². The molecule has 0 bridgehead atoms. The van der Waals surface area contributed by atoms with Crippen LogP contribution in [0.3, 0.4) is 0 Å². The second kappa shape index (κ2) is 4.74. The summed E-state index contributed by atoms with van der Waals surface area (Å²) in [5.41, 5.74) is -0.0178.